The van der Waals surface area contributed by atoms with Gasteiger partial charge in [0.2, 0.25) is 0 Å². The van der Waals surface area contributed by atoms with Crippen molar-refractivity contribution in [1.29, 1.82) is 0 Å². The number of non-ortho nitro benzene ring substituents is 1. The van der Waals surface area contributed by atoms with Gasteiger partial charge in [0.05, 0.1) is 38.2 Å². The lowest BCUT2D eigenvalue weighted by Crippen LogP contribution is -3.19. The van der Waals surface area contributed by atoms with Crippen LogP contribution >= 0.6 is 0 Å². The molecule has 1 fully saturated rings. The lowest BCUT2D eigenvalue weighted by molar-refractivity contribution is -0.914. The van der Waals surface area contributed by atoms with Crippen molar-refractivity contribution in [2.24, 2.45) is 0 Å². The SMILES string of the molecule is COc1cccc(NC(=O)[C@@H](C)[NH+]2CCN(c3ccc([N+](=O)[O-])cc3)CC2)c1. The number of benzene rings is 2. The number of rotatable bonds is 6. The number of nitrogens with one attached hydrogen (secondary N) is 2. The van der Waals surface area contributed by atoms with Gasteiger partial charge in [-0.3, -0.25) is 14.9 Å². The number of amides is 1. The van der Waals surface area contributed by atoms with Crippen LogP contribution in [0.4, 0.5) is 17.1 Å². The summed E-state index contributed by atoms with van der Waals surface area (Å²) in [5.41, 5.74) is 1.79. The molecule has 28 heavy (non-hydrogen) atoms. The predicted octanol–water partition coefficient (Wildman–Crippen LogP) is 1.34. The van der Waals surface area contributed by atoms with Gasteiger partial charge in [-0.25, -0.2) is 0 Å². The molecule has 1 amide bonds. The number of anilines is 2. The minimum Gasteiger partial charge on any atom is -0.497 e. The van der Waals surface area contributed by atoms with Gasteiger partial charge in [-0.1, -0.05) is 6.07 Å². The zero-order valence-electron chi connectivity index (χ0n) is 16.1. The molecule has 0 aromatic heterocycles. The zero-order chi connectivity index (χ0) is 20.1. The van der Waals surface area contributed by atoms with E-state index in [4.69, 9.17) is 4.74 Å². The molecule has 3 rings (SSSR count). The lowest BCUT2D eigenvalue weighted by Gasteiger charge is -2.36. The maximum atomic E-state index is 12.6. The van der Waals surface area contributed by atoms with E-state index in [1.165, 1.54) is 17.0 Å². The highest BCUT2D eigenvalue weighted by atomic mass is 16.6. The molecule has 1 aliphatic heterocycles. The first-order valence-electron chi connectivity index (χ1n) is 9.27. The third-order valence-corrected chi connectivity index (χ3v) is 5.17. The van der Waals surface area contributed by atoms with E-state index in [0.29, 0.717) is 5.75 Å². The van der Waals surface area contributed by atoms with E-state index in [1.807, 2.05) is 25.1 Å². The van der Waals surface area contributed by atoms with Gasteiger partial charge >= 0.3 is 0 Å². The summed E-state index contributed by atoms with van der Waals surface area (Å²) in [4.78, 5) is 26.4. The summed E-state index contributed by atoms with van der Waals surface area (Å²) in [5.74, 6) is 0.682. The van der Waals surface area contributed by atoms with Gasteiger partial charge in [-0.15, -0.1) is 0 Å². The highest BCUT2D eigenvalue weighted by Gasteiger charge is 2.29. The topological polar surface area (TPSA) is 89.2 Å². The Hall–Kier alpha value is -3.13. The molecule has 0 spiro atoms. The molecule has 0 saturated carbocycles. The number of nitro groups is 1. The summed E-state index contributed by atoms with van der Waals surface area (Å²) in [6, 6.07) is 13.8. The molecular weight excluding hydrogens is 360 g/mol. The van der Waals surface area contributed by atoms with Crippen molar-refractivity contribution < 1.29 is 19.4 Å². The van der Waals surface area contributed by atoms with E-state index in [0.717, 1.165) is 37.6 Å². The molecule has 1 saturated heterocycles. The predicted molar refractivity (Wildman–Crippen MR) is 107 cm³/mol. The number of nitro benzene ring substituents is 1. The molecule has 8 heteroatoms. The molecule has 0 unspecified atom stereocenters. The average Bonchev–Trinajstić information content (AvgIpc) is 2.73. The Morgan fingerprint density at radius 2 is 1.89 bits per heavy atom. The fourth-order valence-corrected chi connectivity index (χ4v) is 3.41. The van der Waals surface area contributed by atoms with Crippen LogP contribution in [0.1, 0.15) is 6.92 Å². The van der Waals surface area contributed by atoms with Gasteiger partial charge < -0.3 is 19.9 Å². The van der Waals surface area contributed by atoms with Crippen LogP contribution in [-0.2, 0) is 4.79 Å². The molecule has 1 aliphatic rings. The number of carbonyl (C=O) groups is 1. The standard InChI is InChI=1S/C20H24N4O4/c1-15(20(25)21-16-4-3-5-19(14-16)28-2)22-10-12-23(13-11-22)17-6-8-18(9-7-17)24(26)27/h3-9,14-15H,10-13H2,1-2H3,(H,21,25)/p+1/t15-/m1/s1. The van der Waals surface area contributed by atoms with Crippen molar-refractivity contribution in [2.75, 3.05) is 43.5 Å². The third kappa shape index (κ3) is 4.58. The number of methoxy groups -OCH3 is 1. The van der Waals surface area contributed by atoms with Crippen molar-refractivity contribution in [3.05, 3.63) is 58.6 Å². The summed E-state index contributed by atoms with van der Waals surface area (Å²) >= 11 is 0. The minimum absolute atomic E-state index is 0.0213. The van der Waals surface area contributed by atoms with E-state index in [9.17, 15) is 14.9 Å². The maximum absolute atomic E-state index is 12.6. The van der Waals surface area contributed by atoms with Crippen molar-refractivity contribution in [1.82, 2.24) is 0 Å². The van der Waals surface area contributed by atoms with E-state index in [-0.39, 0.29) is 17.6 Å². The Morgan fingerprint density at radius 3 is 2.50 bits per heavy atom. The number of quaternary nitrogens is 1. The van der Waals surface area contributed by atoms with Crippen LogP contribution in [0.5, 0.6) is 5.75 Å². The maximum Gasteiger partial charge on any atom is 0.282 e. The second-order valence-corrected chi connectivity index (χ2v) is 6.86. The highest BCUT2D eigenvalue weighted by Crippen LogP contribution is 2.19. The number of ether oxygens (including phenoxy) is 1. The van der Waals surface area contributed by atoms with Crippen LogP contribution in [0.2, 0.25) is 0 Å². The second kappa shape index (κ2) is 8.71. The number of nitrogens with zero attached hydrogens (tertiary/aromatic N) is 2. The smallest absolute Gasteiger partial charge is 0.282 e. The first-order valence-corrected chi connectivity index (χ1v) is 9.27. The fraction of sp³-hybridized carbons (Fsp3) is 0.350. The Balaban J connectivity index is 1.54. The van der Waals surface area contributed by atoms with E-state index < -0.39 is 4.92 Å². The lowest BCUT2D eigenvalue weighted by atomic mass is 10.2. The molecular formula is C20H25N4O4+. The van der Waals surface area contributed by atoms with Crippen LogP contribution in [0.3, 0.4) is 0 Å². The van der Waals surface area contributed by atoms with Gasteiger partial charge in [0.15, 0.2) is 6.04 Å². The van der Waals surface area contributed by atoms with Crippen molar-refractivity contribution in [2.45, 2.75) is 13.0 Å². The zero-order valence-corrected chi connectivity index (χ0v) is 16.1. The van der Waals surface area contributed by atoms with E-state index >= 15 is 0 Å². The minimum atomic E-state index is -0.394. The van der Waals surface area contributed by atoms with Crippen molar-refractivity contribution in [3.8, 4) is 5.75 Å². The summed E-state index contributed by atoms with van der Waals surface area (Å²) < 4.78 is 5.19. The third-order valence-electron chi connectivity index (χ3n) is 5.17. The average molecular weight is 385 g/mol. The first-order chi connectivity index (χ1) is 13.5. The quantitative estimate of drug-likeness (QED) is 0.579. The number of piperazine rings is 1. The van der Waals surface area contributed by atoms with Gasteiger partial charge in [0.25, 0.3) is 11.6 Å². The number of hydrogen-bond acceptors (Lipinski definition) is 5. The molecule has 148 valence electrons. The van der Waals surface area contributed by atoms with Crippen LogP contribution < -0.4 is 19.9 Å². The molecule has 2 N–H and O–H groups in total. The Morgan fingerprint density at radius 1 is 1.21 bits per heavy atom. The number of hydrogen-bond donors (Lipinski definition) is 2. The molecule has 1 atom stereocenters. The van der Waals surface area contributed by atoms with Gasteiger partial charge in [0.1, 0.15) is 5.75 Å². The van der Waals surface area contributed by atoms with Gasteiger partial charge in [0, 0.05) is 29.6 Å². The summed E-state index contributed by atoms with van der Waals surface area (Å²) in [6.45, 7) is 5.17. The molecule has 2 aromatic carbocycles. The summed E-state index contributed by atoms with van der Waals surface area (Å²) in [7, 11) is 1.60. The molecule has 0 radical (unpaired) electrons. The molecule has 0 bridgehead atoms. The molecule has 0 aliphatic carbocycles. The largest absolute Gasteiger partial charge is 0.497 e. The summed E-state index contributed by atoms with van der Waals surface area (Å²) in [6.07, 6.45) is 0. The van der Waals surface area contributed by atoms with Crippen LogP contribution in [0.25, 0.3) is 0 Å². The Bertz CT molecular complexity index is 832. The van der Waals surface area contributed by atoms with Crippen molar-refractivity contribution >= 4 is 23.0 Å². The second-order valence-electron chi connectivity index (χ2n) is 6.86. The molecule has 2 aromatic rings. The van der Waals surface area contributed by atoms with Crippen LogP contribution in [-0.4, -0.2) is 50.2 Å². The van der Waals surface area contributed by atoms with E-state index in [1.54, 1.807) is 25.3 Å². The van der Waals surface area contributed by atoms with Gasteiger partial charge in [-0.05, 0) is 31.2 Å². The number of carbonyl (C=O) groups excluding carboxylic acids is 1. The highest BCUT2D eigenvalue weighted by molar-refractivity contribution is 5.93. The van der Waals surface area contributed by atoms with Crippen molar-refractivity contribution in [3.63, 3.8) is 0 Å². The Kier molecular flexibility index (Phi) is 6.10. The monoisotopic (exact) mass is 385 g/mol. The van der Waals surface area contributed by atoms with Gasteiger partial charge in [-0.2, -0.15) is 0 Å². The normalized spacial score (nSPS) is 15.7. The Labute approximate surface area is 163 Å². The van der Waals surface area contributed by atoms with E-state index in [2.05, 4.69) is 10.2 Å². The van der Waals surface area contributed by atoms with Crippen LogP contribution in [0, 0.1) is 10.1 Å². The fourth-order valence-electron chi connectivity index (χ4n) is 3.41. The molecule has 1 heterocycles. The van der Waals surface area contributed by atoms with Crippen LogP contribution in [0.15, 0.2) is 48.5 Å². The molecule has 8 nitrogen and oxygen atoms in total. The first kappa shape index (κ1) is 19.6. The summed E-state index contributed by atoms with van der Waals surface area (Å²) in [5, 5.41) is 13.7.